The summed E-state index contributed by atoms with van der Waals surface area (Å²) in [6.45, 7) is 6.74. The zero-order valence-electron chi connectivity index (χ0n) is 9.08. The summed E-state index contributed by atoms with van der Waals surface area (Å²) < 4.78 is 0. The van der Waals surface area contributed by atoms with Crippen LogP contribution in [0.3, 0.4) is 0 Å². The van der Waals surface area contributed by atoms with Gasteiger partial charge in [0.05, 0.1) is 5.01 Å². The monoisotopic (exact) mass is 290 g/mol. The molecule has 15 heavy (non-hydrogen) atoms. The van der Waals surface area contributed by atoms with Crippen LogP contribution < -0.4 is 5.32 Å². The quantitative estimate of drug-likeness (QED) is 0.866. The molecule has 0 radical (unpaired) electrons. The van der Waals surface area contributed by atoms with Gasteiger partial charge in [0, 0.05) is 16.8 Å². The van der Waals surface area contributed by atoms with Gasteiger partial charge in [0.1, 0.15) is 5.69 Å². The maximum atomic E-state index is 11.6. The number of aryl methyl sites for hydroxylation is 1. The van der Waals surface area contributed by atoms with Crippen LogP contribution in [0.1, 0.15) is 29.3 Å². The van der Waals surface area contributed by atoms with E-state index in [1.54, 1.807) is 5.38 Å². The van der Waals surface area contributed by atoms with Crippen molar-refractivity contribution in [3.63, 3.8) is 0 Å². The topological polar surface area (TPSA) is 42.0 Å². The van der Waals surface area contributed by atoms with E-state index < -0.39 is 0 Å². The third-order valence-electron chi connectivity index (χ3n) is 2.03. The van der Waals surface area contributed by atoms with Crippen molar-refractivity contribution in [2.24, 2.45) is 5.92 Å². The molecule has 0 aliphatic rings. The lowest BCUT2D eigenvalue weighted by Crippen LogP contribution is -2.31. The third kappa shape index (κ3) is 3.91. The molecule has 1 atom stereocenters. The first-order valence-electron chi connectivity index (χ1n) is 4.85. The molecule has 0 saturated heterocycles. The second-order valence-electron chi connectivity index (χ2n) is 3.72. The molecule has 5 heteroatoms. The molecule has 1 unspecified atom stereocenters. The highest BCUT2D eigenvalue weighted by molar-refractivity contribution is 9.09. The molecule has 0 saturated carbocycles. The second-order valence-corrected chi connectivity index (χ2v) is 5.96. The Hall–Kier alpha value is -0.420. The zero-order chi connectivity index (χ0) is 11.4. The van der Waals surface area contributed by atoms with Crippen LogP contribution in [0.15, 0.2) is 5.38 Å². The standard InChI is InChI=1S/C10H15BrN2OS/c1-6(2)8(11)4-12-10(14)9-5-15-7(3)13-9/h5-6,8H,4H2,1-3H3,(H,12,14). The number of thiazole rings is 1. The van der Waals surface area contributed by atoms with Crippen LogP contribution in [0, 0.1) is 12.8 Å². The maximum absolute atomic E-state index is 11.6. The molecule has 1 heterocycles. The van der Waals surface area contributed by atoms with Crippen molar-refractivity contribution in [2.75, 3.05) is 6.54 Å². The lowest BCUT2D eigenvalue weighted by Gasteiger charge is -2.13. The Morgan fingerprint density at radius 2 is 2.33 bits per heavy atom. The molecule has 0 aromatic carbocycles. The summed E-state index contributed by atoms with van der Waals surface area (Å²) >= 11 is 5.01. The van der Waals surface area contributed by atoms with Crippen LogP contribution in [0.2, 0.25) is 0 Å². The number of aromatic nitrogens is 1. The van der Waals surface area contributed by atoms with Gasteiger partial charge in [-0.3, -0.25) is 4.79 Å². The van der Waals surface area contributed by atoms with Crippen LogP contribution >= 0.6 is 27.3 Å². The van der Waals surface area contributed by atoms with E-state index in [-0.39, 0.29) is 5.91 Å². The van der Waals surface area contributed by atoms with E-state index >= 15 is 0 Å². The molecule has 84 valence electrons. The van der Waals surface area contributed by atoms with Gasteiger partial charge in [-0.05, 0) is 12.8 Å². The number of rotatable bonds is 4. The summed E-state index contributed by atoms with van der Waals surface area (Å²) in [5, 5.41) is 5.55. The van der Waals surface area contributed by atoms with Crippen LogP contribution in [0.5, 0.6) is 0 Å². The van der Waals surface area contributed by atoms with Crippen molar-refractivity contribution in [1.29, 1.82) is 0 Å². The minimum absolute atomic E-state index is 0.0931. The highest BCUT2D eigenvalue weighted by atomic mass is 79.9. The number of alkyl halides is 1. The molecule has 0 spiro atoms. The summed E-state index contributed by atoms with van der Waals surface area (Å²) in [7, 11) is 0. The first-order chi connectivity index (χ1) is 7.00. The predicted octanol–water partition coefficient (Wildman–Crippen LogP) is 2.60. The Morgan fingerprint density at radius 1 is 1.67 bits per heavy atom. The molecule has 0 aliphatic heterocycles. The Kier molecular flexibility index (Phi) is 4.73. The van der Waals surface area contributed by atoms with E-state index in [1.807, 2.05) is 6.92 Å². The SMILES string of the molecule is Cc1nc(C(=O)NCC(Br)C(C)C)cs1. The van der Waals surface area contributed by atoms with Crippen LogP contribution in [-0.4, -0.2) is 22.3 Å². The van der Waals surface area contributed by atoms with Gasteiger partial charge >= 0.3 is 0 Å². The normalized spacial score (nSPS) is 12.9. The van der Waals surface area contributed by atoms with E-state index in [1.165, 1.54) is 11.3 Å². The fourth-order valence-corrected chi connectivity index (χ4v) is 1.74. The van der Waals surface area contributed by atoms with Gasteiger partial charge in [-0.1, -0.05) is 29.8 Å². The second kappa shape index (κ2) is 5.61. The summed E-state index contributed by atoms with van der Waals surface area (Å²) in [4.78, 5) is 16.0. The van der Waals surface area contributed by atoms with Gasteiger partial charge in [0.15, 0.2) is 0 Å². The van der Waals surface area contributed by atoms with Crippen molar-refractivity contribution >= 4 is 33.2 Å². The number of carbonyl (C=O) groups excluding carboxylic acids is 1. The molecular weight excluding hydrogens is 276 g/mol. The van der Waals surface area contributed by atoms with E-state index in [4.69, 9.17) is 0 Å². The Labute approximate surface area is 102 Å². The Balaban J connectivity index is 2.43. The maximum Gasteiger partial charge on any atom is 0.270 e. The number of hydrogen-bond donors (Lipinski definition) is 1. The first-order valence-corrected chi connectivity index (χ1v) is 6.64. The van der Waals surface area contributed by atoms with Crippen molar-refractivity contribution in [1.82, 2.24) is 10.3 Å². The number of halogens is 1. The van der Waals surface area contributed by atoms with Gasteiger partial charge < -0.3 is 5.32 Å². The van der Waals surface area contributed by atoms with Crippen LogP contribution in [0.4, 0.5) is 0 Å². The van der Waals surface area contributed by atoms with Gasteiger partial charge in [-0.15, -0.1) is 11.3 Å². The summed E-state index contributed by atoms with van der Waals surface area (Å²) in [6.07, 6.45) is 0. The molecule has 1 aromatic rings. The lowest BCUT2D eigenvalue weighted by molar-refractivity contribution is 0.0948. The number of nitrogens with one attached hydrogen (secondary N) is 1. The fourth-order valence-electron chi connectivity index (χ4n) is 0.984. The van der Waals surface area contributed by atoms with Crippen molar-refractivity contribution in [3.8, 4) is 0 Å². The minimum atomic E-state index is -0.0931. The molecule has 1 aromatic heterocycles. The van der Waals surface area contributed by atoms with Crippen LogP contribution in [-0.2, 0) is 0 Å². The Morgan fingerprint density at radius 3 is 2.80 bits per heavy atom. The van der Waals surface area contributed by atoms with E-state index in [9.17, 15) is 4.79 Å². The summed E-state index contributed by atoms with van der Waals surface area (Å²) in [6, 6.07) is 0. The predicted molar refractivity (Wildman–Crippen MR) is 66.7 cm³/mol. The molecule has 1 amide bonds. The molecule has 1 N–H and O–H groups in total. The third-order valence-corrected chi connectivity index (χ3v) is 4.19. The smallest absolute Gasteiger partial charge is 0.270 e. The van der Waals surface area contributed by atoms with E-state index in [0.717, 1.165) is 5.01 Å². The molecule has 0 fully saturated rings. The average molecular weight is 291 g/mol. The highest BCUT2D eigenvalue weighted by Gasteiger charge is 2.13. The van der Waals surface area contributed by atoms with Crippen molar-refractivity contribution in [3.05, 3.63) is 16.1 Å². The van der Waals surface area contributed by atoms with Crippen molar-refractivity contribution < 1.29 is 4.79 Å². The van der Waals surface area contributed by atoms with Crippen LogP contribution in [0.25, 0.3) is 0 Å². The number of nitrogens with zero attached hydrogens (tertiary/aromatic N) is 1. The summed E-state index contributed by atoms with van der Waals surface area (Å²) in [5.41, 5.74) is 0.515. The zero-order valence-corrected chi connectivity index (χ0v) is 11.5. The first kappa shape index (κ1) is 12.6. The molecule has 0 aliphatic carbocycles. The Bertz CT molecular complexity index is 338. The van der Waals surface area contributed by atoms with Gasteiger partial charge in [0.25, 0.3) is 5.91 Å². The number of carbonyl (C=O) groups is 1. The van der Waals surface area contributed by atoms with Gasteiger partial charge in [-0.2, -0.15) is 0 Å². The molecule has 1 rings (SSSR count). The largest absolute Gasteiger partial charge is 0.350 e. The number of amides is 1. The minimum Gasteiger partial charge on any atom is -0.350 e. The van der Waals surface area contributed by atoms with E-state index in [2.05, 4.69) is 40.1 Å². The molecule has 0 bridgehead atoms. The average Bonchev–Trinajstić information content (AvgIpc) is 2.60. The van der Waals surface area contributed by atoms with Crippen molar-refractivity contribution in [2.45, 2.75) is 25.6 Å². The molecular formula is C10H15BrN2OS. The number of hydrogen-bond acceptors (Lipinski definition) is 3. The molecule has 3 nitrogen and oxygen atoms in total. The van der Waals surface area contributed by atoms with Gasteiger partial charge in [-0.25, -0.2) is 4.98 Å². The van der Waals surface area contributed by atoms with Gasteiger partial charge in [0.2, 0.25) is 0 Å². The summed E-state index contributed by atoms with van der Waals surface area (Å²) in [5.74, 6) is 0.409. The fraction of sp³-hybridized carbons (Fsp3) is 0.600. The lowest BCUT2D eigenvalue weighted by atomic mass is 10.1. The van der Waals surface area contributed by atoms with E-state index in [0.29, 0.717) is 23.0 Å². The highest BCUT2D eigenvalue weighted by Crippen LogP contribution is 2.11.